The van der Waals surface area contributed by atoms with Crippen LogP contribution in [-0.2, 0) is 11.3 Å². The van der Waals surface area contributed by atoms with Gasteiger partial charge in [0.15, 0.2) is 0 Å². The van der Waals surface area contributed by atoms with E-state index in [1.165, 1.54) is 22.7 Å². The Balaban J connectivity index is 2.38. The van der Waals surface area contributed by atoms with Crippen molar-refractivity contribution in [2.45, 2.75) is 39.2 Å². The fraction of sp³-hybridized carbons (Fsp3) is 0.750. The number of methoxy groups -OCH3 is 1. The Kier molecular flexibility index (Phi) is 6.61. The number of hydrogen-bond acceptors (Lipinski definition) is 4. The van der Waals surface area contributed by atoms with Crippen LogP contribution in [0.3, 0.4) is 0 Å². The minimum atomic E-state index is 0.637. The molecule has 0 amide bonds. The molecular formula is C12H22N2OS. The molecule has 92 valence electrons. The van der Waals surface area contributed by atoms with Gasteiger partial charge in [0.1, 0.15) is 0 Å². The lowest BCUT2D eigenvalue weighted by Crippen LogP contribution is -2.17. The van der Waals surface area contributed by atoms with Crippen LogP contribution in [0, 0.1) is 0 Å². The molecule has 1 aromatic heterocycles. The number of nitrogens with one attached hydrogen (secondary N) is 1. The third kappa shape index (κ3) is 4.20. The van der Waals surface area contributed by atoms with Crippen LogP contribution in [0.25, 0.3) is 0 Å². The number of hydrogen-bond donors (Lipinski definition) is 1. The summed E-state index contributed by atoms with van der Waals surface area (Å²) >= 11 is 1.83. The van der Waals surface area contributed by atoms with Crippen molar-refractivity contribution >= 4 is 11.3 Å². The van der Waals surface area contributed by atoms with Crippen LogP contribution in [0.2, 0.25) is 0 Å². The summed E-state index contributed by atoms with van der Waals surface area (Å²) in [7, 11) is 1.72. The number of ether oxygens (including phenoxy) is 1. The highest BCUT2D eigenvalue weighted by Crippen LogP contribution is 2.26. The smallest absolute Gasteiger partial charge is 0.0958 e. The van der Waals surface area contributed by atoms with Gasteiger partial charge in [0.05, 0.1) is 11.6 Å². The van der Waals surface area contributed by atoms with Gasteiger partial charge in [-0.1, -0.05) is 13.8 Å². The Hall–Kier alpha value is -0.450. The van der Waals surface area contributed by atoms with E-state index in [0.29, 0.717) is 5.92 Å². The second kappa shape index (κ2) is 7.76. The molecule has 3 nitrogen and oxygen atoms in total. The topological polar surface area (TPSA) is 34.2 Å². The zero-order valence-corrected chi connectivity index (χ0v) is 11.3. The van der Waals surface area contributed by atoms with Gasteiger partial charge in [0.25, 0.3) is 0 Å². The maximum Gasteiger partial charge on any atom is 0.0958 e. The average molecular weight is 242 g/mol. The van der Waals surface area contributed by atoms with Crippen molar-refractivity contribution in [1.82, 2.24) is 10.3 Å². The van der Waals surface area contributed by atoms with Crippen LogP contribution in [-0.4, -0.2) is 25.2 Å². The molecule has 0 aliphatic heterocycles. The van der Waals surface area contributed by atoms with E-state index in [0.717, 1.165) is 19.7 Å². The van der Waals surface area contributed by atoms with Crippen LogP contribution >= 0.6 is 11.3 Å². The van der Waals surface area contributed by atoms with E-state index < -0.39 is 0 Å². The highest BCUT2D eigenvalue weighted by molar-refractivity contribution is 7.11. The molecule has 0 spiro atoms. The second-order valence-electron chi connectivity index (χ2n) is 3.85. The fourth-order valence-corrected chi connectivity index (χ4v) is 2.77. The van der Waals surface area contributed by atoms with E-state index >= 15 is 0 Å². The summed E-state index contributed by atoms with van der Waals surface area (Å²) < 4.78 is 4.98. The lowest BCUT2D eigenvalue weighted by atomic mass is 10.1. The normalized spacial score (nSPS) is 11.2. The molecule has 0 atom stereocenters. The van der Waals surface area contributed by atoms with Gasteiger partial charge in [0, 0.05) is 37.2 Å². The summed E-state index contributed by atoms with van der Waals surface area (Å²) in [6.07, 6.45) is 4.36. The molecule has 1 rings (SSSR count). The summed E-state index contributed by atoms with van der Waals surface area (Å²) in [4.78, 5) is 5.82. The molecule has 1 aromatic rings. The number of rotatable bonds is 8. The van der Waals surface area contributed by atoms with Crippen molar-refractivity contribution in [3.8, 4) is 0 Å². The first-order chi connectivity index (χ1) is 7.81. The molecule has 0 saturated carbocycles. The van der Waals surface area contributed by atoms with Gasteiger partial charge in [-0.2, -0.15) is 0 Å². The number of thiazole rings is 1. The molecule has 0 aliphatic rings. The maximum absolute atomic E-state index is 4.98. The van der Waals surface area contributed by atoms with Crippen molar-refractivity contribution in [2.75, 3.05) is 20.3 Å². The molecular weight excluding hydrogens is 220 g/mol. The van der Waals surface area contributed by atoms with E-state index in [-0.39, 0.29) is 0 Å². The minimum absolute atomic E-state index is 0.637. The van der Waals surface area contributed by atoms with Gasteiger partial charge < -0.3 is 10.1 Å². The van der Waals surface area contributed by atoms with Gasteiger partial charge in [-0.15, -0.1) is 11.3 Å². The van der Waals surface area contributed by atoms with Gasteiger partial charge in [-0.05, 0) is 12.8 Å². The molecule has 1 N–H and O–H groups in total. The zero-order valence-electron chi connectivity index (χ0n) is 10.5. The minimum Gasteiger partial charge on any atom is -0.383 e. The summed E-state index contributed by atoms with van der Waals surface area (Å²) in [6.45, 7) is 7.02. The Labute approximate surface area is 102 Å². The summed E-state index contributed by atoms with van der Waals surface area (Å²) in [6, 6.07) is 0. The molecule has 4 heteroatoms. The molecule has 0 saturated heterocycles. The summed E-state index contributed by atoms with van der Waals surface area (Å²) in [5, 5.41) is 4.62. The quantitative estimate of drug-likeness (QED) is 0.712. The average Bonchev–Trinajstić information content (AvgIpc) is 2.75. The van der Waals surface area contributed by atoms with E-state index in [1.54, 1.807) is 7.11 Å². The largest absolute Gasteiger partial charge is 0.383 e. The van der Waals surface area contributed by atoms with Gasteiger partial charge in [-0.3, -0.25) is 0 Å². The number of nitrogens with zero attached hydrogens (tertiary/aromatic N) is 1. The van der Waals surface area contributed by atoms with Crippen molar-refractivity contribution in [1.29, 1.82) is 0 Å². The van der Waals surface area contributed by atoms with E-state index in [9.17, 15) is 0 Å². The van der Waals surface area contributed by atoms with Crippen molar-refractivity contribution in [3.05, 3.63) is 16.1 Å². The third-order valence-electron chi connectivity index (χ3n) is 2.69. The molecule has 1 heterocycles. The lowest BCUT2D eigenvalue weighted by molar-refractivity contribution is 0.199. The summed E-state index contributed by atoms with van der Waals surface area (Å²) in [5.74, 6) is 0.637. The highest BCUT2D eigenvalue weighted by atomic mass is 32.1. The molecule has 16 heavy (non-hydrogen) atoms. The standard InChI is InChI=1S/C12H22N2OS/c1-4-10(5-2)12-14-9-11(16-12)8-13-6-7-15-3/h9-10,13H,4-8H2,1-3H3. The second-order valence-corrected chi connectivity index (χ2v) is 4.99. The van der Waals surface area contributed by atoms with Crippen LogP contribution in [0.15, 0.2) is 6.20 Å². The van der Waals surface area contributed by atoms with E-state index in [2.05, 4.69) is 24.1 Å². The predicted molar refractivity (Wildman–Crippen MR) is 69.0 cm³/mol. The Morgan fingerprint density at radius 1 is 1.44 bits per heavy atom. The SMILES string of the molecule is CCC(CC)c1ncc(CNCCOC)s1. The lowest BCUT2D eigenvalue weighted by Gasteiger charge is -2.07. The first-order valence-electron chi connectivity index (χ1n) is 5.96. The third-order valence-corrected chi connectivity index (χ3v) is 3.85. The van der Waals surface area contributed by atoms with Crippen LogP contribution in [0.4, 0.5) is 0 Å². The zero-order chi connectivity index (χ0) is 11.8. The van der Waals surface area contributed by atoms with Crippen LogP contribution in [0.1, 0.15) is 42.5 Å². The molecule has 0 aliphatic carbocycles. The molecule has 0 fully saturated rings. The van der Waals surface area contributed by atoms with Gasteiger partial charge >= 0.3 is 0 Å². The monoisotopic (exact) mass is 242 g/mol. The molecule has 0 aromatic carbocycles. The molecule has 0 unspecified atom stereocenters. The predicted octanol–water partition coefficient (Wildman–Crippen LogP) is 2.78. The van der Waals surface area contributed by atoms with Gasteiger partial charge in [-0.25, -0.2) is 4.98 Å². The van der Waals surface area contributed by atoms with Crippen molar-refractivity contribution in [2.24, 2.45) is 0 Å². The van der Waals surface area contributed by atoms with E-state index in [4.69, 9.17) is 4.74 Å². The number of aromatic nitrogens is 1. The Morgan fingerprint density at radius 3 is 2.81 bits per heavy atom. The highest BCUT2D eigenvalue weighted by Gasteiger charge is 2.11. The van der Waals surface area contributed by atoms with Crippen LogP contribution < -0.4 is 5.32 Å². The summed E-state index contributed by atoms with van der Waals surface area (Å²) in [5.41, 5.74) is 0. The first kappa shape index (κ1) is 13.6. The van der Waals surface area contributed by atoms with Gasteiger partial charge in [0.2, 0.25) is 0 Å². The van der Waals surface area contributed by atoms with Crippen LogP contribution in [0.5, 0.6) is 0 Å². The van der Waals surface area contributed by atoms with Crippen molar-refractivity contribution < 1.29 is 4.74 Å². The van der Waals surface area contributed by atoms with Crippen molar-refractivity contribution in [3.63, 3.8) is 0 Å². The molecule has 0 bridgehead atoms. The fourth-order valence-electron chi connectivity index (χ4n) is 1.62. The Bertz CT molecular complexity index is 284. The Morgan fingerprint density at radius 2 is 2.19 bits per heavy atom. The molecule has 0 radical (unpaired) electrons. The first-order valence-corrected chi connectivity index (χ1v) is 6.77. The van der Waals surface area contributed by atoms with E-state index in [1.807, 2.05) is 17.5 Å². The maximum atomic E-state index is 4.98.